The van der Waals surface area contributed by atoms with Gasteiger partial charge in [0.25, 0.3) is 0 Å². The molecule has 0 amide bonds. The molecule has 0 aromatic heterocycles. The molecule has 1 rings (SSSR count). The lowest BCUT2D eigenvalue weighted by molar-refractivity contribution is -0.0827. The van der Waals surface area contributed by atoms with Crippen LogP contribution in [0.15, 0.2) is 0 Å². The highest BCUT2D eigenvalue weighted by Gasteiger charge is 2.40. The zero-order valence-corrected chi connectivity index (χ0v) is 53.8. The van der Waals surface area contributed by atoms with Gasteiger partial charge < -0.3 is 36.0 Å². The summed E-state index contributed by atoms with van der Waals surface area (Å²) < 4.78 is 47.8. The van der Waals surface area contributed by atoms with Crippen LogP contribution in [0, 0.1) is 17.8 Å². The average molecular weight is 1150 g/mol. The van der Waals surface area contributed by atoms with Crippen molar-refractivity contribution in [2.75, 3.05) is 87.4 Å². The lowest BCUT2D eigenvalue weighted by atomic mass is 9.72. The average Bonchev–Trinajstić information content (AvgIpc) is 3.30. The van der Waals surface area contributed by atoms with E-state index in [1.165, 1.54) is 137 Å². The van der Waals surface area contributed by atoms with Crippen molar-refractivity contribution < 1.29 is 36.0 Å². The van der Waals surface area contributed by atoms with E-state index in [0.717, 1.165) is 55.9 Å². The Balaban J connectivity index is 2.35. The zero-order valence-electron chi connectivity index (χ0n) is 43.0. The van der Waals surface area contributed by atoms with Gasteiger partial charge in [-0.25, -0.2) is 0 Å². The fraction of sp³-hybridized carbons (Fsp3) is 1.00. The predicted molar refractivity (Wildman–Crippen MR) is 318 cm³/mol. The van der Waals surface area contributed by atoms with E-state index in [1.54, 1.807) is 0 Å². The molecule has 0 aromatic rings. The van der Waals surface area contributed by atoms with Crippen LogP contribution < -0.4 is 0 Å². The second-order valence-electron chi connectivity index (χ2n) is 16.6. The molecule has 20 heteroatoms. The maximum atomic E-state index is 6.03. The third-order valence-corrected chi connectivity index (χ3v) is 34.1. The summed E-state index contributed by atoms with van der Waals surface area (Å²) in [5.74, 6) is 10.6. The lowest BCUT2D eigenvalue weighted by Gasteiger charge is -2.36. The molecule has 1 aliphatic carbocycles. The number of unbranched alkanes of at least 4 members (excludes halogenated alkanes) is 9. The normalized spacial score (nSPS) is 17.3. The summed E-state index contributed by atoms with van der Waals surface area (Å²) in [4.78, 5) is 0. The van der Waals surface area contributed by atoms with Crippen LogP contribution in [0.5, 0.6) is 0 Å². The standard InChI is InChI=1S/C46H98O8S9Si3/c1-9-47-46(48-10-2)64-38-26-25-33-55-42-43-29-30-44(31-36-58-62-60-56-34-23-19-17-21-27-39-65(49-11-3,50-12-4)51-13-5)45(41-43)32-37-59-63-61-57-35-24-20-18-22-28-40-66(52-14-6,53-15-7)54-16-8/h43-46H,9-42,64H2,1-8H3. The van der Waals surface area contributed by atoms with E-state index in [4.69, 9.17) is 36.0 Å². The van der Waals surface area contributed by atoms with Crippen molar-refractivity contribution in [3.05, 3.63) is 0 Å². The molecule has 1 aliphatic rings. The largest absolute Gasteiger partial charge is 0.500 e. The highest BCUT2D eigenvalue weighted by molar-refractivity contribution is 9.26. The van der Waals surface area contributed by atoms with Crippen molar-refractivity contribution in [2.45, 2.75) is 189 Å². The SMILES string of the molecule is CCOC(OCC)[SiH2]CCCCSCC1CCC(CCSSSSCCCCCCC[Si](OCC)(OCC)OCC)C(CCSSSSCCCCCCC[Si](OCC)(OCC)OCC)C1. The van der Waals surface area contributed by atoms with Gasteiger partial charge in [0, 0.05) is 88.0 Å². The van der Waals surface area contributed by atoms with Gasteiger partial charge in [-0.2, -0.15) is 11.8 Å². The van der Waals surface area contributed by atoms with Crippen molar-refractivity contribution in [1.82, 2.24) is 0 Å². The summed E-state index contributed by atoms with van der Waals surface area (Å²) in [6.07, 6.45) is 22.3. The number of hydrogen-bond donors (Lipinski definition) is 0. The van der Waals surface area contributed by atoms with Gasteiger partial charge >= 0.3 is 17.6 Å². The molecule has 0 heterocycles. The first-order valence-electron chi connectivity index (χ1n) is 26.2. The second-order valence-corrected chi connectivity index (χ2v) is 37.6. The summed E-state index contributed by atoms with van der Waals surface area (Å²) in [5, 5.41) is 0. The molecular weight excluding hydrogens is 1050 g/mol. The first-order valence-corrected chi connectivity index (χ1v) is 43.3. The fourth-order valence-electron chi connectivity index (χ4n) is 8.52. The minimum absolute atomic E-state index is 0.121. The van der Waals surface area contributed by atoms with Crippen LogP contribution in [0.25, 0.3) is 0 Å². The van der Waals surface area contributed by atoms with Crippen LogP contribution >= 0.6 is 94.2 Å². The minimum atomic E-state index is -2.48. The Labute approximate surface area is 447 Å². The van der Waals surface area contributed by atoms with E-state index in [2.05, 4.69) is 68.8 Å². The second kappa shape index (κ2) is 49.4. The highest BCUT2D eigenvalue weighted by Crippen LogP contribution is 2.47. The molecular formula is C46H98O8S9Si3. The third kappa shape index (κ3) is 36.4. The highest BCUT2D eigenvalue weighted by atomic mass is 33.7. The molecule has 1 saturated carbocycles. The van der Waals surface area contributed by atoms with Gasteiger partial charge in [-0.15, -0.1) is 0 Å². The van der Waals surface area contributed by atoms with E-state index >= 15 is 0 Å². The van der Waals surface area contributed by atoms with E-state index in [9.17, 15) is 0 Å². The van der Waals surface area contributed by atoms with Crippen LogP contribution in [-0.4, -0.2) is 120 Å². The lowest BCUT2D eigenvalue weighted by Crippen LogP contribution is -2.45. The van der Waals surface area contributed by atoms with Crippen molar-refractivity contribution >= 4 is 121 Å². The number of thioether (sulfide) groups is 1. The van der Waals surface area contributed by atoms with Gasteiger partial charge in [-0.1, -0.05) is 94.2 Å². The number of ether oxygens (including phenoxy) is 2. The summed E-state index contributed by atoms with van der Waals surface area (Å²) in [7, 11) is 11.1. The van der Waals surface area contributed by atoms with Gasteiger partial charge in [0.15, 0.2) is 0 Å². The van der Waals surface area contributed by atoms with Gasteiger partial charge in [0.1, 0.15) is 5.91 Å². The van der Waals surface area contributed by atoms with E-state index in [0.29, 0.717) is 39.6 Å². The van der Waals surface area contributed by atoms with Crippen LogP contribution in [0.1, 0.15) is 165 Å². The first kappa shape index (κ1) is 67.5. The Kier molecular flexibility index (Phi) is 50.5. The van der Waals surface area contributed by atoms with Crippen molar-refractivity contribution in [3.8, 4) is 0 Å². The van der Waals surface area contributed by atoms with Gasteiger partial charge in [-0.3, -0.25) is 0 Å². The predicted octanol–water partition coefficient (Wildman–Crippen LogP) is 16.6. The maximum absolute atomic E-state index is 6.03. The van der Waals surface area contributed by atoms with E-state index in [1.807, 2.05) is 80.8 Å². The first-order chi connectivity index (χ1) is 32.4. The number of hydrogen-bond acceptors (Lipinski definition) is 17. The molecule has 0 radical (unpaired) electrons. The van der Waals surface area contributed by atoms with Crippen molar-refractivity contribution in [2.24, 2.45) is 17.8 Å². The molecule has 396 valence electrons. The molecule has 3 unspecified atom stereocenters. The molecule has 3 atom stereocenters. The third-order valence-electron chi connectivity index (χ3n) is 11.5. The fourth-order valence-corrected chi connectivity index (χ4v) is 29.4. The van der Waals surface area contributed by atoms with Crippen LogP contribution in [-0.2, 0) is 36.0 Å². The summed E-state index contributed by atoms with van der Waals surface area (Å²) in [5.41, 5.74) is 0. The van der Waals surface area contributed by atoms with Gasteiger partial charge in [-0.05, 0) is 188 Å². The molecule has 66 heavy (non-hydrogen) atoms. The quantitative estimate of drug-likeness (QED) is 0.0251. The van der Waals surface area contributed by atoms with Gasteiger partial charge in [0.2, 0.25) is 0 Å². The van der Waals surface area contributed by atoms with Crippen LogP contribution in [0.2, 0.25) is 18.1 Å². The Hall–Kier alpha value is 3.48. The molecule has 1 fully saturated rings. The monoisotopic (exact) mass is 1150 g/mol. The molecule has 0 spiro atoms. The summed E-state index contributed by atoms with van der Waals surface area (Å²) >= 11 is 2.24. The van der Waals surface area contributed by atoms with Crippen molar-refractivity contribution in [3.63, 3.8) is 0 Å². The molecule has 0 aliphatic heterocycles. The maximum Gasteiger partial charge on any atom is 0.500 e. The Morgan fingerprint density at radius 3 is 1.30 bits per heavy atom. The summed E-state index contributed by atoms with van der Waals surface area (Å²) in [6, 6.07) is 3.23. The topological polar surface area (TPSA) is 73.8 Å². The molecule has 0 saturated heterocycles. The van der Waals surface area contributed by atoms with Gasteiger partial charge in [0.05, 0.1) is 9.52 Å². The molecule has 0 aromatic carbocycles. The Bertz CT molecular complexity index is 993. The van der Waals surface area contributed by atoms with Crippen molar-refractivity contribution in [1.29, 1.82) is 0 Å². The molecule has 0 N–H and O–H groups in total. The number of rotatable bonds is 52. The minimum Gasteiger partial charge on any atom is -0.374 e. The smallest absolute Gasteiger partial charge is 0.374 e. The Morgan fingerprint density at radius 2 is 0.848 bits per heavy atom. The summed E-state index contributed by atoms with van der Waals surface area (Å²) in [6.45, 7) is 21.9. The zero-order chi connectivity index (χ0) is 48.1. The van der Waals surface area contributed by atoms with Crippen LogP contribution in [0.4, 0.5) is 0 Å². The Morgan fingerprint density at radius 1 is 0.439 bits per heavy atom. The van der Waals surface area contributed by atoms with E-state index < -0.39 is 17.6 Å². The molecule has 0 bridgehead atoms. The molecule has 8 nitrogen and oxygen atoms in total. The van der Waals surface area contributed by atoms with E-state index in [-0.39, 0.29) is 15.4 Å². The van der Waals surface area contributed by atoms with Crippen LogP contribution in [0.3, 0.4) is 0 Å².